The second-order valence-electron chi connectivity index (χ2n) is 15.0. The van der Waals surface area contributed by atoms with Gasteiger partial charge in [-0.25, -0.2) is 9.59 Å². The number of nitrogens with two attached hydrogens (primary N) is 1. The van der Waals surface area contributed by atoms with Gasteiger partial charge >= 0.3 is 11.7 Å². The lowest BCUT2D eigenvalue weighted by atomic mass is 9.95. The number of H-pyrrole nitrogens is 1. The predicted molar refractivity (Wildman–Crippen MR) is 203 cm³/mol. The van der Waals surface area contributed by atoms with Gasteiger partial charge in [-0.15, -0.1) is 6.42 Å². The van der Waals surface area contributed by atoms with Crippen LogP contribution < -0.4 is 16.7 Å². The van der Waals surface area contributed by atoms with Crippen molar-refractivity contribution in [3.8, 4) is 12.3 Å². The lowest BCUT2D eigenvalue weighted by Gasteiger charge is -2.45. The largest absolute Gasteiger partial charge is 0.397 e. The average Bonchev–Trinajstić information content (AvgIpc) is 3.59. The summed E-state index contributed by atoms with van der Waals surface area (Å²) in [7, 11) is 2.26. The van der Waals surface area contributed by atoms with Gasteiger partial charge in [-0.3, -0.25) is 19.2 Å². The summed E-state index contributed by atoms with van der Waals surface area (Å²) in [6, 6.07) is 11.9. The highest BCUT2D eigenvalue weighted by Crippen LogP contribution is 2.37. The molecule has 13 heteroatoms. The second kappa shape index (κ2) is 14.1. The maximum Gasteiger partial charge on any atom is 0.326 e. The van der Waals surface area contributed by atoms with E-state index in [1.807, 2.05) is 29.2 Å². The summed E-state index contributed by atoms with van der Waals surface area (Å²) >= 11 is 6.44. The van der Waals surface area contributed by atoms with Gasteiger partial charge in [0.25, 0.3) is 0 Å². The van der Waals surface area contributed by atoms with Crippen molar-refractivity contribution in [1.29, 1.82) is 0 Å². The number of nitrogen functional groups attached to an aromatic ring is 1. The quantitative estimate of drug-likeness (QED) is 0.203. The SMILES string of the molecule is C#Cc1cc(C[C@@H](NC(=O)N2CCC(n3c(=O)[nH]c4c5ccccc5ncc43)CC2)C(=O)N2CCN(C3CC4CCC(C3)N4C)CC2)cc(Cl)c1N. The van der Waals surface area contributed by atoms with Crippen LogP contribution in [-0.4, -0.2) is 117 Å². The van der Waals surface area contributed by atoms with Crippen LogP contribution in [0, 0.1) is 12.3 Å². The number of piperidine rings is 2. The number of anilines is 1. The van der Waals surface area contributed by atoms with Crippen molar-refractivity contribution >= 4 is 51.2 Å². The number of urea groups is 1. The molecule has 2 aromatic carbocycles. The second-order valence-corrected chi connectivity index (χ2v) is 15.4. The van der Waals surface area contributed by atoms with E-state index in [1.165, 1.54) is 25.7 Å². The molecule has 52 heavy (non-hydrogen) atoms. The number of pyridine rings is 1. The first-order chi connectivity index (χ1) is 25.2. The molecule has 3 atom stereocenters. The monoisotopic (exact) mass is 723 g/mol. The number of carbonyl (C=O) groups is 2. The Labute approximate surface area is 308 Å². The standard InChI is InChI=1S/C39H46ClN9O3/c1-3-25-18-24(19-31(40)35(25)41)20-33(37(50)47-16-14-46(15-17-47)29-21-27-8-9-28(22-29)45(27)2)43-38(51)48-12-10-26(11-13-48)49-34-23-42-32-7-5-4-6-30(32)36(34)44-39(49)52/h1,4-7,18-19,23,26-29,33H,8-17,20-22,41H2,2H3,(H,43,51)(H,44,52)/t27?,28?,29?,33-/m1/s1. The molecule has 0 radical (unpaired) electrons. The third kappa shape index (κ3) is 6.39. The number of terminal acetylenes is 1. The van der Waals surface area contributed by atoms with Crippen molar-refractivity contribution in [3.63, 3.8) is 0 Å². The zero-order valence-corrected chi connectivity index (χ0v) is 30.3. The van der Waals surface area contributed by atoms with Gasteiger partial charge in [0.15, 0.2) is 0 Å². The van der Waals surface area contributed by atoms with Crippen molar-refractivity contribution in [3.05, 3.63) is 69.2 Å². The number of amides is 3. The minimum absolute atomic E-state index is 0.0964. The zero-order valence-electron chi connectivity index (χ0n) is 29.6. The molecule has 4 N–H and O–H groups in total. The maximum atomic E-state index is 14.3. The third-order valence-corrected chi connectivity index (χ3v) is 12.5. The van der Waals surface area contributed by atoms with Gasteiger partial charge in [-0.1, -0.05) is 35.7 Å². The van der Waals surface area contributed by atoms with E-state index in [9.17, 15) is 14.4 Å². The molecular formula is C39H46ClN9O3. The van der Waals surface area contributed by atoms with E-state index in [0.717, 1.165) is 40.6 Å². The number of carbonyl (C=O) groups excluding carboxylic acids is 2. The van der Waals surface area contributed by atoms with Crippen LogP contribution in [0.5, 0.6) is 0 Å². The number of benzene rings is 2. The average molecular weight is 724 g/mol. The van der Waals surface area contributed by atoms with E-state index >= 15 is 0 Å². The van der Waals surface area contributed by atoms with Crippen LogP contribution >= 0.6 is 11.6 Å². The van der Waals surface area contributed by atoms with Gasteiger partial charge in [0, 0.05) is 80.8 Å². The molecule has 12 nitrogen and oxygen atoms in total. The minimum atomic E-state index is -0.822. The number of para-hydroxylation sites is 1. The number of rotatable bonds is 6. The molecule has 4 aliphatic heterocycles. The number of nitrogens with one attached hydrogen (secondary N) is 2. The Hall–Kier alpha value is -4.57. The van der Waals surface area contributed by atoms with Crippen LogP contribution in [0.4, 0.5) is 10.5 Å². The van der Waals surface area contributed by atoms with Crippen LogP contribution in [0.15, 0.2) is 47.4 Å². The molecule has 0 spiro atoms. The van der Waals surface area contributed by atoms with Crippen molar-refractivity contribution in [2.45, 2.75) is 75.2 Å². The molecule has 2 aromatic heterocycles. The molecule has 4 aliphatic rings. The van der Waals surface area contributed by atoms with Crippen LogP contribution in [0.1, 0.15) is 55.7 Å². The van der Waals surface area contributed by atoms with Gasteiger partial charge in [-0.2, -0.15) is 0 Å². The fourth-order valence-electron chi connectivity index (χ4n) is 9.21. The minimum Gasteiger partial charge on any atom is -0.397 e. The summed E-state index contributed by atoms with van der Waals surface area (Å²) in [6.07, 6.45) is 13.8. The van der Waals surface area contributed by atoms with Crippen LogP contribution in [0.2, 0.25) is 5.02 Å². The van der Waals surface area contributed by atoms with E-state index in [-0.39, 0.29) is 30.1 Å². The number of hydrogen-bond donors (Lipinski definition) is 3. The van der Waals surface area contributed by atoms with Crippen LogP contribution in [0.25, 0.3) is 21.9 Å². The number of aromatic nitrogens is 3. The summed E-state index contributed by atoms with van der Waals surface area (Å²) in [4.78, 5) is 57.7. The van der Waals surface area contributed by atoms with E-state index in [1.54, 1.807) is 27.8 Å². The molecule has 3 amide bonds. The normalized spacial score (nSPS) is 23.6. The molecule has 4 saturated heterocycles. The summed E-state index contributed by atoms with van der Waals surface area (Å²) in [5.41, 5.74) is 9.77. The first kappa shape index (κ1) is 34.5. The van der Waals surface area contributed by atoms with Crippen LogP contribution in [0.3, 0.4) is 0 Å². The fraction of sp³-hybridized carbons (Fsp3) is 0.487. The van der Waals surface area contributed by atoms with Gasteiger partial charge in [-0.05, 0) is 69.3 Å². The molecule has 8 rings (SSSR count). The predicted octanol–water partition coefficient (Wildman–Crippen LogP) is 3.82. The Balaban J connectivity index is 0.954. The highest BCUT2D eigenvalue weighted by Gasteiger charge is 2.41. The molecular weight excluding hydrogens is 678 g/mol. The summed E-state index contributed by atoms with van der Waals surface area (Å²) < 4.78 is 1.78. The highest BCUT2D eigenvalue weighted by molar-refractivity contribution is 6.33. The zero-order chi connectivity index (χ0) is 36.1. The van der Waals surface area contributed by atoms with E-state index < -0.39 is 6.04 Å². The van der Waals surface area contributed by atoms with E-state index in [2.05, 4.69) is 38.1 Å². The third-order valence-electron chi connectivity index (χ3n) is 12.2. The Kier molecular flexibility index (Phi) is 9.36. The van der Waals surface area contributed by atoms with Gasteiger partial charge in [0.05, 0.1) is 33.5 Å². The summed E-state index contributed by atoms with van der Waals surface area (Å²) in [6.45, 7) is 3.73. The number of hydrogen-bond acceptors (Lipinski definition) is 7. The van der Waals surface area contributed by atoms with Gasteiger partial charge < -0.3 is 30.7 Å². The summed E-state index contributed by atoms with van der Waals surface area (Å²) in [5, 5.41) is 4.30. The first-order valence-electron chi connectivity index (χ1n) is 18.5. The number of likely N-dealkylation sites (tertiary alicyclic amines) is 1. The lowest BCUT2D eigenvalue weighted by Crippen LogP contribution is -2.59. The van der Waals surface area contributed by atoms with Gasteiger partial charge in [0.1, 0.15) is 6.04 Å². The molecule has 0 saturated carbocycles. The fourth-order valence-corrected chi connectivity index (χ4v) is 9.45. The van der Waals surface area contributed by atoms with Crippen molar-refractivity contribution in [1.82, 2.24) is 39.5 Å². The molecule has 0 aliphatic carbocycles. The Morgan fingerprint density at radius 2 is 1.71 bits per heavy atom. The Morgan fingerprint density at radius 3 is 2.42 bits per heavy atom. The van der Waals surface area contributed by atoms with Gasteiger partial charge in [0.2, 0.25) is 5.91 Å². The summed E-state index contributed by atoms with van der Waals surface area (Å²) in [5.74, 6) is 2.47. The molecule has 2 bridgehead atoms. The number of fused-ring (bicyclic) bond motifs is 5. The number of piperazine rings is 1. The molecule has 4 aromatic rings. The number of aromatic amines is 1. The Bertz CT molecular complexity index is 2090. The van der Waals surface area contributed by atoms with E-state index in [4.69, 9.17) is 23.8 Å². The topological polar surface area (TPSA) is 136 Å². The van der Waals surface area contributed by atoms with Crippen molar-refractivity contribution in [2.24, 2.45) is 0 Å². The number of nitrogens with zero attached hydrogens (tertiary/aromatic N) is 6. The van der Waals surface area contributed by atoms with Crippen molar-refractivity contribution < 1.29 is 9.59 Å². The smallest absolute Gasteiger partial charge is 0.326 e. The highest BCUT2D eigenvalue weighted by atomic mass is 35.5. The van der Waals surface area contributed by atoms with Crippen molar-refractivity contribution in [2.75, 3.05) is 52.0 Å². The van der Waals surface area contributed by atoms with E-state index in [0.29, 0.717) is 73.4 Å². The van der Waals surface area contributed by atoms with Crippen LogP contribution in [-0.2, 0) is 11.2 Å². The molecule has 4 fully saturated rings. The number of halogens is 1. The Morgan fingerprint density at radius 1 is 1.00 bits per heavy atom. The number of imidazole rings is 1. The molecule has 2 unspecified atom stereocenters. The molecule has 6 heterocycles. The lowest BCUT2D eigenvalue weighted by molar-refractivity contribution is -0.135. The molecule has 272 valence electrons. The maximum absolute atomic E-state index is 14.3. The first-order valence-corrected chi connectivity index (χ1v) is 18.9.